The fraction of sp³-hybridized carbons (Fsp3) is 0.579. The number of amides is 1. The molecular weight excluding hydrogens is 320 g/mol. The minimum Gasteiger partial charge on any atom is -0.494 e. The molecule has 1 aromatic carbocycles. The van der Waals surface area contributed by atoms with Crippen molar-refractivity contribution >= 4 is 11.9 Å². The molecule has 0 unspecified atom stereocenters. The van der Waals surface area contributed by atoms with Crippen LogP contribution in [0.25, 0.3) is 0 Å². The lowest BCUT2D eigenvalue weighted by Gasteiger charge is -2.32. The molecule has 0 radical (unpaired) electrons. The second kappa shape index (κ2) is 6.67. The number of piperazine rings is 1. The van der Waals surface area contributed by atoms with Gasteiger partial charge < -0.3 is 14.7 Å². The van der Waals surface area contributed by atoms with Crippen LogP contribution in [0.15, 0.2) is 24.3 Å². The topological polar surface area (TPSA) is 70.1 Å². The molecule has 2 atom stereocenters. The van der Waals surface area contributed by atoms with Gasteiger partial charge in [0.1, 0.15) is 5.75 Å². The average Bonchev–Trinajstić information content (AvgIpc) is 3.28. The Labute approximate surface area is 147 Å². The minimum absolute atomic E-state index is 0.167. The molecule has 6 nitrogen and oxygen atoms in total. The summed E-state index contributed by atoms with van der Waals surface area (Å²) in [7, 11) is 0. The molecule has 1 amide bonds. The number of ether oxygens (including phenoxy) is 1. The van der Waals surface area contributed by atoms with Gasteiger partial charge >= 0.3 is 6.09 Å². The first-order valence-corrected chi connectivity index (χ1v) is 9.12. The van der Waals surface area contributed by atoms with Crippen LogP contribution >= 0.6 is 0 Å². The van der Waals surface area contributed by atoms with Gasteiger partial charge in [-0.15, -0.1) is 0 Å². The van der Waals surface area contributed by atoms with Gasteiger partial charge in [0.15, 0.2) is 5.78 Å². The number of rotatable bonds is 7. The Morgan fingerprint density at radius 1 is 1.12 bits per heavy atom. The molecule has 2 heterocycles. The molecule has 25 heavy (non-hydrogen) atoms. The maximum atomic E-state index is 12.0. The number of likely N-dealkylation sites (tertiary alicyclic amines) is 2. The molecule has 1 saturated carbocycles. The number of carbonyl (C=O) groups is 2. The van der Waals surface area contributed by atoms with Crippen LogP contribution in [0.4, 0.5) is 4.79 Å². The number of carbonyl (C=O) groups excluding carboxylic acids is 1. The van der Waals surface area contributed by atoms with Crippen molar-refractivity contribution in [2.75, 3.05) is 26.2 Å². The summed E-state index contributed by atoms with van der Waals surface area (Å²) in [6.07, 6.45) is 3.14. The van der Waals surface area contributed by atoms with Gasteiger partial charge in [-0.1, -0.05) is 0 Å². The van der Waals surface area contributed by atoms with Crippen LogP contribution < -0.4 is 4.74 Å². The summed E-state index contributed by atoms with van der Waals surface area (Å²) in [6, 6.07) is 8.00. The minimum atomic E-state index is -0.793. The lowest BCUT2D eigenvalue weighted by molar-refractivity contribution is 0.0966. The number of fused-ring (bicyclic) bond motifs is 2. The lowest BCUT2D eigenvalue weighted by atomic mass is 10.1. The van der Waals surface area contributed by atoms with E-state index >= 15 is 0 Å². The molecule has 1 aromatic rings. The van der Waals surface area contributed by atoms with E-state index in [-0.39, 0.29) is 17.7 Å². The Balaban J connectivity index is 1.18. The van der Waals surface area contributed by atoms with E-state index in [1.165, 1.54) is 0 Å². The van der Waals surface area contributed by atoms with Gasteiger partial charge in [0.05, 0.1) is 6.61 Å². The molecule has 134 valence electrons. The van der Waals surface area contributed by atoms with Crippen LogP contribution in [0.3, 0.4) is 0 Å². The number of hydrogen-bond acceptors (Lipinski definition) is 4. The van der Waals surface area contributed by atoms with Gasteiger partial charge in [-0.3, -0.25) is 9.69 Å². The van der Waals surface area contributed by atoms with E-state index in [0.717, 1.165) is 50.1 Å². The third-order valence-electron chi connectivity index (χ3n) is 5.55. The zero-order valence-corrected chi connectivity index (χ0v) is 14.3. The van der Waals surface area contributed by atoms with E-state index in [4.69, 9.17) is 9.84 Å². The van der Waals surface area contributed by atoms with Gasteiger partial charge in [-0.2, -0.15) is 0 Å². The maximum absolute atomic E-state index is 12.0. The molecule has 2 aliphatic heterocycles. The monoisotopic (exact) mass is 344 g/mol. The summed E-state index contributed by atoms with van der Waals surface area (Å²) >= 11 is 0. The van der Waals surface area contributed by atoms with Crippen LogP contribution in [0.5, 0.6) is 5.75 Å². The predicted octanol–water partition coefficient (Wildman–Crippen LogP) is 2.48. The predicted molar refractivity (Wildman–Crippen MR) is 92.1 cm³/mol. The summed E-state index contributed by atoms with van der Waals surface area (Å²) < 4.78 is 5.77. The van der Waals surface area contributed by atoms with Crippen molar-refractivity contribution in [3.8, 4) is 5.75 Å². The summed E-state index contributed by atoms with van der Waals surface area (Å²) in [5, 5.41) is 9.12. The molecule has 6 heteroatoms. The van der Waals surface area contributed by atoms with Gasteiger partial charge in [-0.05, 0) is 49.9 Å². The van der Waals surface area contributed by atoms with E-state index in [1.54, 1.807) is 4.90 Å². The van der Waals surface area contributed by atoms with Crippen molar-refractivity contribution in [3.63, 3.8) is 0 Å². The standard InChI is InChI=1S/C19H24N2O4/c22-18(13-2-3-13)14-4-6-17(7-5-14)25-9-1-8-20-11-16-10-15(20)12-21(16)19(23)24/h4-7,13,15-16H,1-3,8-12H2,(H,23,24)/t15-,16-/m1/s1. The molecule has 0 aromatic heterocycles. The zero-order chi connectivity index (χ0) is 17.4. The van der Waals surface area contributed by atoms with Crippen LogP contribution in [-0.4, -0.2) is 65.1 Å². The quantitative estimate of drug-likeness (QED) is 0.608. The number of benzene rings is 1. The fourth-order valence-corrected chi connectivity index (χ4v) is 4.01. The van der Waals surface area contributed by atoms with E-state index in [9.17, 15) is 9.59 Å². The molecule has 3 aliphatic rings. The molecule has 1 N–H and O–H groups in total. The summed E-state index contributed by atoms with van der Waals surface area (Å²) in [5.74, 6) is 1.30. The van der Waals surface area contributed by atoms with Gasteiger partial charge in [-0.25, -0.2) is 4.79 Å². The van der Waals surface area contributed by atoms with Crippen molar-refractivity contribution in [3.05, 3.63) is 29.8 Å². The van der Waals surface area contributed by atoms with E-state index in [0.29, 0.717) is 19.2 Å². The molecule has 1 aliphatic carbocycles. The van der Waals surface area contributed by atoms with Gasteiger partial charge in [0.2, 0.25) is 0 Å². The van der Waals surface area contributed by atoms with Crippen LogP contribution in [-0.2, 0) is 0 Å². The summed E-state index contributed by atoms with van der Waals surface area (Å²) in [4.78, 5) is 27.0. The average molecular weight is 344 g/mol. The summed E-state index contributed by atoms with van der Waals surface area (Å²) in [5.41, 5.74) is 0.783. The largest absolute Gasteiger partial charge is 0.494 e. The highest BCUT2D eigenvalue weighted by atomic mass is 16.5. The Morgan fingerprint density at radius 3 is 2.48 bits per heavy atom. The van der Waals surface area contributed by atoms with E-state index in [2.05, 4.69) is 4.90 Å². The first-order valence-electron chi connectivity index (χ1n) is 9.12. The van der Waals surface area contributed by atoms with Crippen LogP contribution in [0.1, 0.15) is 36.0 Å². The smallest absolute Gasteiger partial charge is 0.407 e. The SMILES string of the molecule is O=C(c1ccc(OCCCN2C[C@H]3C[C@@H]2CN3C(=O)O)cc1)C1CC1. The zero-order valence-electron chi connectivity index (χ0n) is 14.3. The van der Waals surface area contributed by atoms with E-state index in [1.807, 2.05) is 24.3 Å². The number of hydrogen-bond donors (Lipinski definition) is 1. The third-order valence-corrected chi connectivity index (χ3v) is 5.55. The summed E-state index contributed by atoms with van der Waals surface area (Å²) in [6.45, 7) is 3.05. The molecule has 0 spiro atoms. The van der Waals surface area contributed by atoms with Crippen molar-refractivity contribution in [1.29, 1.82) is 0 Å². The highest BCUT2D eigenvalue weighted by molar-refractivity contribution is 5.99. The van der Waals surface area contributed by atoms with Crippen LogP contribution in [0.2, 0.25) is 0 Å². The highest BCUT2D eigenvalue weighted by Gasteiger charge is 2.44. The molecule has 2 saturated heterocycles. The van der Waals surface area contributed by atoms with Crippen molar-refractivity contribution in [1.82, 2.24) is 9.80 Å². The first kappa shape index (κ1) is 16.4. The first-order chi connectivity index (χ1) is 12.1. The second-order valence-electron chi connectivity index (χ2n) is 7.34. The maximum Gasteiger partial charge on any atom is 0.407 e. The fourth-order valence-electron chi connectivity index (χ4n) is 4.01. The molecular formula is C19H24N2O4. The Hall–Kier alpha value is -2.08. The van der Waals surface area contributed by atoms with Crippen molar-refractivity contribution < 1.29 is 19.4 Å². The third kappa shape index (κ3) is 3.49. The Morgan fingerprint density at radius 2 is 1.88 bits per heavy atom. The van der Waals surface area contributed by atoms with Gasteiger partial charge in [0, 0.05) is 43.2 Å². The van der Waals surface area contributed by atoms with Crippen molar-refractivity contribution in [2.45, 2.75) is 37.8 Å². The Bertz CT molecular complexity index is 656. The van der Waals surface area contributed by atoms with Crippen molar-refractivity contribution in [2.24, 2.45) is 5.92 Å². The second-order valence-corrected chi connectivity index (χ2v) is 7.34. The lowest BCUT2D eigenvalue weighted by Crippen LogP contribution is -2.48. The van der Waals surface area contributed by atoms with Crippen LogP contribution in [0, 0.1) is 5.92 Å². The van der Waals surface area contributed by atoms with E-state index < -0.39 is 6.09 Å². The highest BCUT2D eigenvalue weighted by Crippen LogP contribution is 2.33. The number of Topliss-reactive ketones (excluding diaryl/α,β-unsaturated/α-hetero) is 1. The normalized spacial score (nSPS) is 25.4. The molecule has 4 rings (SSSR count). The molecule has 3 fully saturated rings. The number of carboxylic acid groups (broad SMARTS) is 1. The van der Waals surface area contributed by atoms with Gasteiger partial charge in [0.25, 0.3) is 0 Å². The molecule has 2 bridgehead atoms. The number of ketones is 1. The number of nitrogens with zero attached hydrogens (tertiary/aromatic N) is 2. The Kier molecular flexibility index (Phi) is 4.37.